The molecule has 1 aromatic carbocycles. The normalized spacial score (nSPS) is 15.4. The van der Waals surface area contributed by atoms with Gasteiger partial charge in [-0.2, -0.15) is 0 Å². The van der Waals surface area contributed by atoms with Gasteiger partial charge in [0.15, 0.2) is 11.5 Å². The van der Waals surface area contributed by atoms with Crippen LogP contribution in [0.15, 0.2) is 18.2 Å². The molecule has 1 aliphatic rings. The highest BCUT2D eigenvalue weighted by atomic mass is 16.6. The molecule has 2 rings (SSSR count). The minimum absolute atomic E-state index is 0.0201. The van der Waals surface area contributed by atoms with Crippen LogP contribution in [-0.4, -0.2) is 19.1 Å². The highest BCUT2D eigenvalue weighted by Gasteiger charge is 2.14. The molecule has 1 aliphatic heterocycles. The summed E-state index contributed by atoms with van der Waals surface area (Å²) in [5, 5.41) is 2.83. The third-order valence-electron chi connectivity index (χ3n) is 2.49. The summed E-state index contributed by atoms with van der Waals surface area (Å²) in [6.07, 6.45) is 0. The molecule has 16 heavy (non-hydrogen) atoms. The first-order chi connectivity index (χ1) is 7.66. The van der Waals surface area contributed by atoms with Gasteiger partial charge >= 0.3 is 0 Å². The second kappa shape index (κ2) is 4.43. The summed E-state index contributed by atoms with van der Waals surface area (Å²) in [6.45, 7) is 4.61. The topological polar surface area (TPSA) is 47.6 Å². The van der Waals surface area contributed by atoms with Crippen LogP contribution in [0, 0.1) is 0 Å². The zero-order valence-corrected chi connectivity index (χ0v) is 9.45. The third-order valence-corrected chi connectivity index (χ3v) is 2.49. The molecule has 0 saturated carbocycles. The van der Waals surface area contributed by atoms with Crippen LogP contribution in [0.5, 0.6) is 11.5 Å². The van der Waals surface area contributed by atoms with Gasteiger partial charge in [-0.1, -0.05) is 6.07 Å². The van der Waals surface area contributed by atoms with Crippen LogP contribution in [0.1, 0.15) is 25.5 Å². The van der Waals surface area contributed by atoms with Crippen molar-refractivity contribution in [1.29, 1.82) is 0 Å². The monoisotopic (exact) mass is 221 g/mol. The first kappa shape index (κ1) is 10.8. The Bertz CT molecular complexity index is 403. The smallest absolute Gasteiger partial charge is 0.217 e. The van der Waals surface area contributed by atoms with Crippen molar-refractivity contribution in [3.63, 3.8) is 0 Å². The van der Waals surface area contributed by atoms with Gasteiger partial charge in [0.2, 0.25) is 5.91 Å². The van der Waals surface area contributed by atoms with Crippen molar-refractivity contribution in [1.82, 2.24) is 5.32 Å². The number of carbonyl (C=O) groups excluding carboxylic acids is 1. The molecule has 0 spiro atoms. The molecule has 0 aliphatic carbocycles. The first-order valence-electron chi connectivity index (χ1n) is 5.33. The van der Waals surface area contributed by atoms with E-state index in [1.165, 1.54) is 6.92 Å². The third kappa shape index (κ3) is 2.27. The molecule has 1 atom stereocenters. The highest BCUT2D eigenvalue weighted by molar-refractivity contribution is 5.73. The lowest BCUT2D eigenvalue weighted by molar-refractivity contribution is -0.119. The second-order valence-corrected chi connectivity index (χ2v) is 3.83. The highest BCUT2D eigenvalue weighted by Crippen LogP contribution is 2.32. The number of hydrogen-bond acceptors (Lipinski definition) is 3. The Kier molecular flexibility index (Phi) is 2.99. The molecule has 0 unspecified atom stereocenters. The largest absolute Gasteiger partial charge is 0.486 e. The second-order valence-electron chi connectivity index (χ2n) is 3.83. The minimum Gasteiger partial charge on any atom is -0.486 e. The number of rotatable bonds is 2. The van der Waals surface area contributed by atoms with E-state index in [1.54, 1.807) is 0 Å². The summed E-state index contributed by atoms with van der Waals surface area (Å²) in [7, 11) is 0. The average Bonchev–Trinajstić information content (AvgIpc) is 2.27. The van der Waals surface area contributed by atoms with Crippen molar-refractivity contribution < 1.29 is 14.3 Å². The fourth-order valence-electron chi connectivity index (χ4n) is 1.72. The van der Waals surface area contributed by atoms with Gasteiger partial charge in [0.05, 0.1) is 6.04 Å². The summed E-state index contributed by atoms with van der Waals surface area (Å²) < 4.78 is 10.9. The van der Waals surface area contributed by atoms with Gasteiger partial charge < -0.3 is 14.8 Å². The van der Waals surface area contributed by atoms with Crippen LogP contribution < -0.4 is 14.8 Å². The minimum atomic E-state index is -0.0395. The van der Waals surface area contributed by atoms with Crippen LogP contribution in [0.2, 0.25) is 0 Å². The first-order valence-corrected chi connectivity index (χ1v) is 5.33. The van der Waals surface area contributed by atoms with Crippen LogP contribution in [-0.2, 0) is 4.79 Å². The van der Waals surface area contributed by atoms with Gasteiger partial charge in [-0.3, -0.25) is 4.79 Å². The van der Waals surface area contributed by atoms with Gasteiger partial charge in [0.1, 0.15) is 13.2 Å². The summed E-state index contributed by atoms with van der Waals surface area (Å²) in [5.41, 5.74) is 1.01. The average molecular weight is 221 g/mol. The Balaban J connectivity index is 2.19. The fraction of sp³-hybridized carbons (Fsp3) is 0.417. The molecule has 86 valence electrons. The van der Waals surface area contributed by atoms with Crippen molar-refractivity contribution in [2.24, 2.45) is 0 Å². The predicted octanol–water partition coefficient (Wildman–Crippen LogP) is 1.65. The Hall–Kier alpha value is -1.71. The van der Waals surface area contributed by atoms with Crippen molar-refractivity contribution in [3.05, 3.63) is 23.8 Å². The molecule has 4 heteroatoms. The Morgan fingerprint density at radius 1 is 1.31 bits per heavy atom. The molecule has 0 bridgehead atoms. The number of benzene rings is 1. The van der Waals surface area contributed by atoms with Crippen LogP contribution >= 0.6 is 0 Å². The number of carbonyl (C=O) groups is 1. The molecular formula is C12H15NO3. The predicted molar refractivity (Wildman–Crippen MR) is 59.7 cm³/mol. The summed E-state index contributed by atoms with van der Waals surface area (Å²) >= 11 is 0. The van der Waals surface area contributed by atoms with Gasteiger partial charge in [0, 0.05) is 6.92 Å². The van der Waals surface area contributed by atoms with Crippen molar-refractivity contribution in [2.45, 2.75) is 19.9 Å². The standard InChI is InChI=1S/C12H15NO3/c1-8(13-9(2)14)10-3-4-11-12(7-10)16-6-5-15-11/h3-4,7-8H,5-6H2,1-2H3,(H,13,14)/t8-/m1/s1. The van der Waals surface area contributed by atoms with Gasteiger partial charge in [-0.15, -0.1) is 0 Å². The molecule has 4 nitrogen and oxygen atoms in total. The van der Waals surface area contributed by atoms with Crippen LogP contribution in [0.4, 0.5) is 0 Å². The van der Waals surface area contributed by atoms with E-state index < -0.39 is 0 Å². The van der Waals surface area contributed by atoms with E-state index in [0.29, 0.717) is 13.2 Å². The lowest BCUT2D eigenvalue weighted by atomic mass is 10.1. The summed E-state index contributed by atoms with van der Waals surface area (Å²) in [6, 6.07) is 5.71. The maximum Gasteiger partial charge on any atom is 0.217 e. The summed E-state index contributed by atoms with van der Waals surface area (Å²) in [4.78, 5) is 10.9. The van der Waals surface area contributed by atoms with E-state index in [1.807, 2.05) is 25.1 Å². The van der Waals surface area contributed by atoms with E-state index in [-0.39, 0.29) is 11.9 Å². The van der Waals surface area contributed by atoms with Crippen molar-refractivity contribution >= 4 is 5.91 Å². The van der Waals surface area contributed by atoms with E-state index in [2.05, 4.69) is 5.32 Å². The molecule has 0 saturated heterocycles. The number of ether oxygens (including phenoxy) is 2. The molecule has 0 radical (unpaired) electrons. The lowest BCUT2D eigenvalue weighted by Gasteiger charge is -2.20. The number of fused-ring (bicyclic) bond motifs is 1. The number of hydrogen-bond donors (Lipinski definition) is 1. The van der Waals surface area contributed by atoms with Gasteiger partial charge in [-0.05, 0) is 24.6 Å². The molecular weight excluding hydrogens is 206 g/mol. The summed E-state index contributed by atoms with van der Waals surface area (Å²) in [5.74, 6) is 1.48. The number of amides is 1. The molecule has 1 N–H and O–H groups in total. The lowest BCUT2D eigenvalue weighted by Crippen LogP contribution is -2.24. The van der Waals surface area contributed by atoms with Gasteiger partial charge in [0.25, 0.3) is 0 Å². The van der Waals surface area contributed by atoms with E-state index in [0.717, 1.165) is 17.1 Å². The molecule has 1 aromatic rings. The van der Waals surface area contributed by atoms with E-state index in [9.17, 15) is 4.79 Å². The number of nitrogens with one attached hydrogen (secondary N) is 1. The SMILES string of the molecule is CC(=O)N[C@H](C)c1ccc2c(c1)OCCO2. The van der Waals surface area contributed by atoms with Crippen LogP contribution in [0.25, 0.3) is 0 Å². The van der Waals surface area contributed by atoms with Crippen molar-refractivity contribution in [2.75, 3.05) is 13.2 Å². The Morgan fingerprint density at radius 3 is 2.69 bits per heavy atom. The van der Waals surface area contributed by atoms with Crippen molar-refractivity contribution in [3.8, 4) is 11.5 Å². The maximum atomic E-state index is 10.9. The molecule has 1 heterocycles. The Labute approximate surface area is 94.6 Å². The van der Waals surface area contributed by atoms with E-state index in [4.69, 9.17) is 9.47 Å². The van der Waals surface area contributed by atoms with Gasteiger partial charge in [-0.25, -0.2) is 0 Å². The zero-order valence-electron chi connectivity index (χ0n) is 9.45. The quantitative estimate of drug-likeness (QED) is 0.826. The molecule has 1 amide bonds. The maximum absolute atomic E-state index is 10.9. The molecule has 0 fully saturated rings. The molecule has 0 aromatic heterocycles. The zero-order chi connectivity index (χ0) is 11.5. The Morgan fingerprint density at radius 2 is 2.00 bits per heavy atom. The van der Waals surface area contributed by atoms with E-state index >= 15 is 0 Å². The fourth-order valence-corrected chi connectivity index (χ4v) is 1.72. The van der Waals surface area contributed by atoms with Crippen LogP contribution in [0.3, 0.4) is 0 Å².